The smallest absolute Gasteiger partial charge is 0.243 e. The fraction of sp³-hybridized carbons (Fsp3) is 0.235. The quantitative estimate of drug-likeness (QED) is 0.675. The molecule has 116 valence electrons. The fourth-order valence-corrected chi connectivity index (χ4v) is 2.46. The maximum absolute atomic E-state index is 12.1. The second kappa shape index (κ2) is 8.63. The zero-order valence-corrected chi connectivity index (χ0v) is 14.6. The second-order valence-corrected chi connectivity index (χ2v) is 5.89. The number of carbonyl (C=O) groups excluding carboxylic acids is 1. The van der Waals surface area contributed by atoms with E-state index in [0.29, 0.717) is 18.0 Å². The molecule has 0 heterocycles. The third-order valence-electron chi connectivity index (χ3n) is 2.94. The number of halogens is 1. The molecule has 0 unspecified atom stereocenters. The van der Waals surface area contributed by atoms with Gasteiger partial charge in [-0.25, -0.2) is 0 Å². The van der Waals surface area contributed by atoms with E-state index in [4.69, 9.17) is 4.74 Å². The van der Waals surface area contributed by atoms with Gasteiger partial charge in [0.25, 0.3) is 0 Å². The molecule has 0 atom stereocenters. The minimum Gasteiger partial charge on any atom is -0.491 e. The highest BCUT2D eigenvalue weighted by atomic mass is 127. The van der Waals surface area contributed by atoms with Crippen molar-refractivity contribution in [2.75, 3.05) is 23.8 Å². The second-order valence-electron chi connectivity index (χ2n) is 4.73. The molecule has 0 radical (unpaired) electrons. The Morgan fingerprint density at radius 3 is 2.50 bits per heavy atom. The van der Waals surface area contributed by atoms with Gasteiger partial charge in [0.1, 0.15) is 5.75 Å². The van der Waals surface area contributed by atoms with Crippen molar-refractivity contribution in [2.24, 2.45) is 0 Å². The summed E-state index contributed by atoms with van der Waals surface area (Å²) < 4.78 is 6.72. The minimum absolute atomic E-state index is 0.104. The van der Waals surface area contributed by atoms with Crippen molar-refractivity contribution < 1.29 is 9.53 Å². The van der Waals surface area contributed by atoms with Gasteiger partial charge in [0.2, 0.25) is 5.91 Å². The first-order valence-electron chi connectivity index (χ1n) is 7.20. The van der Waals surface area contributed by atoms with E-state index in [0.717, 1.165) is 15.7 Å². The molecule has 0 saturated heterocycles. The zero-order valence-electron chi connectivity index (χ0n) is 12.4. The van der Waals surface area contributed by atoms with Crippen LogP contribution in [-0.2, 0) is 4.79 Å². The van der Waals surface area contributed by atoms with Crippen LogP contribution in [0.5, 0.6) is 5.75 Å². The van der Waals surface area contributed by atoms with Crippen LogP contribution in [0.25, 0.3) is 0 Å². The Hall–Kier alpha value is -1.76. The molecule has 0 aliphatic rings. The van der Waals surface area contributed by atoms with E-state index in [1.54, 1.807) is 0 Å². The highest BCUT2D eigenvalue weighted by Gasteiger charge is 2.08. The first-order chi connectivity index (χ1) is 10.7. The highest BCUT2D eigenvalue weighted by Crippen LogP contribution is 2.24. The molecular formula is C17H19IN2O2. The normalized spacial score (nSPS) is 10.1. The van der Waals surface area contributed by atoms with E-state index < -0.39 is 0 Å². The average Bonchev–Trinajstić information content (AvgIpc) is 2.53. The summed E-state index contributed by atoms with van der Waals surface area (Å²) in [5.74, 6) is 0.596. The van der Waals surface area contributed by atoms with Crippen molar-refractivity contribution in [2.45, 2.75) is 13.3 Å². The Kier molecular flexibility index (Phi) is 6.51. The molecular weight excluding hydrogens is 391 g/mol. The average molecular weight is 410 g/mol. The maximum Gasteiger partial charge on any atom is 0.243 e. The fourth-order valence-electron chi connectivity index (χ4n) is 1.88. The van der Waals surface area contributed by atoms with Crippen LogP contribution in [0.2, 0.25) is 0 Å². The van der Waals surface area contributed by atoms with E-state index >= 15 is 0 Å². The lowest BCUT2D eigenvalue weighted by atomic mass is 10.3. The topological polar surface area (TPSA) is 50.4 Å². The molecule has 0 fully saturated rings. The molecule has 0 aliphatic heterocycles. The van der Waals surface area contributed by atoms with Crippen LogP contribution < -0.4 is 15.4 Å². The van der Waals surface area contributed by atoms with Crippen molar-refractivity contribution in [3.63, 3.8) is 0 Å². The van der Waals surface area contributed by atoms with Crippen molar-refractivity contribution >= 4 is 39.9 Å². The molecule has 4 nitrogen and oxygen atoms in total. The van der Waals surface area contributed by atoms with Gasteiger partial charge in [-0.3, -0.25) is 4.79 Å². The van der Waals surface area contributed by atoms with Gasteiger partial charge >= 0.3 is 0 Å². The van der Waals surface area contributed by atoms with Crippen LogP contribution >= 0.6 is 22.6 Å². The Labute approximate surface area is 144 Å². The standard InChI is InChI=1S/C17H19IN2O2/c1-2-11-22-16-10-6-5-9-15(16)20-17(21)12-19-14-8-4-3-7-13(14)18/h3-10,19H,2,11-12H2,1H3,(H,20,21). The Morgan fingerprint density at radius 1 is 1.09 bits per heavy atom. The minimum atomic E-state index is -0.104. The molecule has 2 N–H and O–H groups in total. The van der Waals surface area contributed by atoms with Gasteiger partial charge in [-0.15, -0.1) is 0 Å². The van der Waals surface area contributed by atoms with Gasteiger partial charge in [0, 0.05) is 9.26 Å². The number of para-hydroxylation sites is 3. The molecule has 5 heteroatoms. The van der Waals surface area contributed by atoms with Crippen molar-refractivity contribution in [1.29, 1.82) is 0 Å². The molecule has 2 rings (SSSR count). The number of rotatable bonds is 7. The Morgan fingerprint density at radius 2 is 1.77 bits per heavy atom. The SMILES string of the molecule is CCCOc1ccccc1NC(=O)CNc1ccccc1I. The largest absolute Gasteiger partial charge is 0.491 e. The van der Waals surface area contributed by atoms with Crippen LogP contribution in [0, 0.1) is 3.57 Å². The van der Waals surface area contributed by atoms with Crippen LogP contribution in [-0.4, -0.2) is 19.1 Å². The molecule has 2 aromatic carbocycles. The monoisotopic (exact) mass is 410 g/mol. The summed E-state index contributed by atoms with van der Waals surface area (Å²) in [5.41, 5.74) is 1.65. The Balaban J connectivity index is 1.93. The van der Waals surface area contributed by atoms with Gasteiger partial charge in [-0.05, 0) is 53.3 Å². The third kappa shape index (κ3) is 4.91. The predicted octanol–water partition coefficient (Wildman–Crippen LogP) is 4.13. The molecule has 0 aliphatic carbocycles. The highest BCUT2D eigenvalue weighted by molar-refractivity contribution is 14.1. The van der Waals surface area contributed by atoms with E-state index in [-0.39, 0.29) is 12.5 Å². The summed E-state index contributed by atoms with van der Waals surface area (Å²) in [7, 11) is 0. The van der Waals surface area contributed by atoms with E-state index in [2.05, 4.69) is 33.2 Å². The number of carbonyl (C=O) groups is 1. The summed E-state index contributed by atoms with van der Waals surface area (Å²) in [6, 6.07) is 15.3. The van der Waals surface area contributed by atoms with E-state index in [1.165, 1.54) is 0 Å². The maximum atomic E-state index is 12.1. The summed E-state index contributed by atoms with van der Waals surface area (Å²) in [6.45, 7) is 2.89. The number of anilines is 2. The van der Waals surface area contributed by atoms with Crippen molar-refractivity contribution in [3.05, 3.63) is 52.1 Å². The number of hydrogen-bond donors (Lipinski definition) is 2. The van der Waals surface area contributed by atoms with Gasteiger partial charge < -0.3 is 15.4 Å². The van der Waals surface area contributed by atoms with Crippen LogP contribution in [0.15, 0.2) is 48.5 Å². The molecule has 1 amide bonds. The van der Waals surface area contributed by atoms with Gasteiger partial charge in [-0.2, -0.15) is 0 Å². The van der Waals surface area contributed by atoms with E-state index in [9.17, 15) is 4.79 Å². The lowest BCUT2D eigenvalue weighted by molar-refractivity contribution is -0.114. The van der Waals surface area contributed by atoms with Gasteiger partial charge in [-0.1, -0.05) is 31.2 Å². The zero-order chi connectivity index (χ0) is 15.8. The summed E-state index contributed by atoms with van der Waals surface area (Å²) >= 11 is 2.24. The summed E-state index contributed by atoms with van der Waals surface area (Å²) in [6.07, 6.45) is 0.927. The number of hydrogen-bond acceptors (Lipinski definition) is 3. The molecule has 0 bridgehead atoms. The van der Waals surface area contributed by atoms with Crippen LogP contribution in [0.4, 0.5) is 11.4 Å². The van der Waals surface area contributed by atoms with Gasteiger partial charge in [0.05, 0.1) is 18.8 Å². The number of nitrogens with one attached hydrogen (secondary N) is 2. The Bertz CT molecular complexity index is 632. The predicted molar refractivity (Wildman–Crippen MR) is 98.5 cm³/mol. The van der Waals surface area contributed by atoms with Crippen LogP contribution in [0.1, 0.15) is 13.3 Å². The first-order valence-corrected chi connectivity index (χ1v) is 8.28. The lowest BCUT2D eigenvalue weighted by Gasteiger charge is -2.13. The molecule has 2 aromatic rings. The molecule has 0 saturated carbocycles. The van der Waals surface area contributed by atoms with Crippen molar-refractivity contribution in [3.8, 4) is 5.75 Å². The molecule has 0 aromatic heterocycles. The molecule has 0 spiro atoms. The number of amides is 1. The van der Waals surface area contributed by atoms with Crippen molar-refractivity contribution in [1.82, 2.24) is 0 Å². The van der Waals surface area contributed by atoms with Crippen LogP contribution in [0.3, 0.4) is 0 Å². The summed E-state index contributed by atoms with van der Waals surface area (Å²) in [4.78, 5) is 12.1. The van der Waals surface area contributed by atoms with E-state index in [1.807, 2.05) is 55.5 Å². The van der Waals surface area contributed by atoms with Gasteiger partial charge in [0.15, 0.2) is 0 Å². The molecule has 22 heavy (non-hydrogen) atoms. The number of benzene rings is 2. The summed E-state index contributed by atoms with van der Waals surface area (Å²) in [5, 5.41) is 6.02. The number of ether oxygens (including phenoxy) is 1. The lowest BCUT2D eigenvalue weighted by Crippen LogP contribution is -2.22. The first kappa shape index (κ1) is 16.6. The third-order valence-corrected chi connectivity index (χ3v) is 3.88.